The fourth-order valence-corrected chi connectivity index (χ4v) is 14.6. The van der Waals surface area contributed by atoms with Gasteiger partial charge in [0.05, 0.1) is 86.6 Å². The van der Waals surface area contributed by atoms with Gasteiger partial charge in [0.1, 0.15) is 25.7 Å². The van der Waals surface area contributed by atoms with Crippen LogP contribution < -0.4 is 29.6 Å². The van der Waals surface area contributed by atoms with E-state index in [1.54, 1.807) is 13.3 Å². The fraction of sp³-hybridized carbons (Fsp3) is 0.567. The molecule has 26 nitrogen and oxygen atoms in total. The van der Waals surface area contributed by atoms with E-state index in [1.807, 2.05) is 88.4 Å². The van der Waals surface area contributed by atoms with Crippen LogP contribution >= 0.6 is 14.7 Å². The second kappa shape index (κ2) is 32.4. The zero-order valence-corrected chi connectivity index (χ0v) is 55.2. The quantitative estimate of drug-likeness (QED) is 0.0322. The van der Waals surface area contributed by atoms with Crippen LogP contribution in [0.3, 0.4) is 0 Å². The molecule has 4 saturated heterocycles. The summed E-state index contributed by atoms with van der Waals surface area (Å²) in [6, 6.07) is 24.5. The van der Waals surface area contributed by atoms with E-state index in [4.69, 9.17) is 47.4 Å². The van der Waals surface area contributed by atoms with Crippen LogP contribution in [0.5, 0.6) is 23.0 Å². The van der Waals surface area contributed by atoms with Gasteiger partial charge in [-0.15, -0.1) is 0 Å². The van der Waals surface area contributed by atoms with Gasteiger partial charge in [0.15, 0.2) is 41.9 Å². The topological polar surface area (TPSA) is 340 Å². The van der Waals surface area contributed by atoms with Gasteiger partial charge in [0.2, 0.25) is 20.0 Å². The zero-order valence-electron chi connectivity index (χ0n) is 51.8. The van der Waals surface area contributed by atoms with Crippen molar-refractivity contribution in [1.29, 1.82) is 0 Å². The third kappa shape index (κ3) is 20.8. The van der Waals surface area contributed by atoms with Crippen LogP contribution in [0.15, 0.2) is 107 Å². The SMILES string of the molecule is COc1ccc(S(=O)(=O)N(CC(C)C)C[C@@H](O)[C@H](Cc2ccccc2)NC(=O)O[C@H]2CO[C@H]3OCC[C@H]32)cc1OCP(=O)(O)O.COc1ccc(S(=O)(=O)N(CC(C)C)C[C@@H](O)[C@H](Cc2ccccc2)NC(=O)O[C@H]2CO[C@H]3OCC[C@H]32)cc1OCP(C)(C)=O. The van der Waals surface area contributed by atoms with Crippen LogP contribution in [-0.2, 0) is 70.4 Å². The van der Waals surface area contributed by atoms with Crippen molar-refractivity contribution in [2.45, 2.75) is 112 Å². The Kier molecular flexibility index (Phi) is 25.9. The summed E-state index contributed by atoms with van der Waals surface area (Å²) in [5, 5.41) is 28.5. The highest BCUT2D eigenvalue weighted by molar-refractivity contribution is 7.89. The predicted octanol–water partition coefficient (Wildman–Crippen LogP) is 6.08. The number of nitrogens with zero attached hydrogens (tertiary/aromatic N) is 2. The second-order valence-electron chi connectivity index (χ2n) is 23.8. The summed E-state index contributed by atoms with van der Waals surface area (Å²) in [7, 11) is -12.9. The number of amides is 2. The van der Waals surface area contributed by atoms with Gasteiger partial charge in [-0.2, -0.15) is 8.61 Å². The van der Waals surface area contributed by atoms with Crippen molar-refractivity contribution >= 4 is 47.0 Å². The number of carbonyl (C=O) groups excluding carboxylic acids is 2. The molecule has 0 radical (unpaired) electrons. The molecule has 0 spiro atoms. The minimum absolute atomic E-state index is 0.0229. The highest BCUT2D eigenvalue weighted by Crippen LogP contribution is 2.41. The molecule has 10 atom stereocenters. The maximum Gasteiger partial charge on any atom is 0.407 e. The van der Waals surface area contributed by atoms with E-state index in [1.165, 1.54) is 48.9 Å². The largest absolute Gasteiger partial charge is 0.493 e. The molecule has 4 aliphatic rings. The highest BCUT2D eigenvalue weighted by atomic mass is 32.2. The maximum atomic E-state index is 14.0. The molecule has 4 aromatic carbocycles. The first kappa shape index (κ1) is 72.0. The number of hydrogen-bond acceptors (Lipinski definition) is 20. The fourth-order valence-electron chi connectivity index (χ4n) is 10.6. The number of ether oxygens (including phenoxy) is 10. The number of nitrogens with one attached hydrogen (secondary N) is 2. The summed E-state index contributed by atoms with van der Waals surface area (Å²) in [4.78, 5) is 44.3. The summed E-state index contributed by atoms with van der Waals surface area (Å²) in [6.45, 7) is 11.4. The monoisotopic (exact) mass is 1340 g/mol. The molecule has 0 aromatic heterocycles. The van der Waals surface area contributed by atoms with Crippen molar-refractivity contribution in [2.75, 3.05) is 92.9 Å². The van der Waals surface area contributed by atoms with E-state index in [0.717, 1.165) is 27.9 Å². The van der Waals surface area contributed by atoms with Crippen LogP contribution in [-0.4, -0.2) is 200 Å². The van der Waals surface area contributed by atoms with Crippen molar-refractivity contribution in [3.63, 3.8) is 0 Å². The Labute approximate surface area is 526 Å². The van der Waals surface area contributed by atoms with Crippen molar-refractivity contribution < 1.29 is 103 Å². The lowest BCUT2D eigenvalue weighted by molar-refractivity contribution is -0.0909. The van der Waals surface area contributed by atoms with Gasteiger partial charge in [-0.05, 0) is 86.2 Å². The lowest BCUT2D eigenvalue weighted by atomic mass is 10.0. The van der Waals surface area contributed by atoms with E-state index in [2.05, 4.69) is 10.6 Å². The van der Waals surface area contributed by atoms with E-state index < -0.39 is 96.1 Å². The smallest absolute Gasteiger partial charge is 0.407 e. The Morgan fingerprint density at radius 2 is 0.967 bits per heavy atom. The van der Waals surface area contributed by atoms with E-state index >= 15 is 0 Å². The molecule has 0 unspecified atom stereocenters. The van der Waals surface area contributed by atoms with Crippen molar-refractivity contribution in [3.05, 3.63) is 108 Å². The number of sulfonamides is 2. The molecule has 0 aliphatic carbocycles. The Bertz CT molecular complexity index is 3090. The molecule has 4 heterocycles. The summed E-state index contributed by atoms with van der Waals surface area (Å²) in [5.41, 5.74) is 1.64. The van der Waals surface area contributed by atoms with Crippen molar-refractivity contribution in [1.82, 2.24) is 19.2 Å². The number of aliphatic hydroxyl groups is 2. The minimum Gasteiger partial charge on any atom is -0.493 e. The van der Waals surface area contributed by atoms with Crippen molar-refractivity contribution in [2.24, 2.45) is 23.7 Å². The predicted molar refractivity (Wildman–Crippen MR) is 330 cm³/mol. The first-order chi connectivity index (χ1) is 42.5. The Hall–Kier alpha value is -5.42. The second-order valence-corrected chi connectivity index (χ2v) is 32.7. The molecule has 30 heteroatoms. The van der Waals surface area contributed by atoms with Crippen LogP contribution in [0.25, 0.3) is 0 Å². The third-order valence-corrected chi connectivity index (χ3v) is 19.9. The number of alkyl carbamates (subject to hydrolysis) is 2. The lowest BCUT2D eigenvalue weighted by Crippen LogP contribution is -2.51. The molecule has 8 rings (SSSR count). The van der Waals surface area contributed by atoms with E-state index in [-0.39, 0.29) is 116 Å². The molecule has 0 bridgehead atoms. The van der Waals surface area contributed by atoms with Gasteiger partial charge in [-0.25, -0.2) is 26.4 Å². The Balaban J connectivity index is 0.000000256. The average Bonchev–Trinajstić information content (AvgIpc) is 1.30. The van der Waals surface area contributed by atoms with E-state index in [0.29, 0.717) is 25.4 Å². The normalized spacial score (nSPS) is 21.4. The summed E-state index contributed by atoms with van der Waals surface area (Å²) >= 11 is 0. The van der Waals surface area contributed by atoms with Gasteiger partial charge < -0.3 is 82.6 Å². The standard InChI is InChI=1S/C31H45N2O10PS.C29H41N2O12PS/c1-21(2)17-33(45(37,38)23-11-12-27(39-3)28(16-23)42-20-44(4,5)36)18-26(34)25(15-22-9-7-6-8-10-22)32-31(35)43-29-19-41-30-24(29)13-14-40-30;1-19(2)15-31(45(37,38)21-9-10-25(39-3)26(14-21)42-18-44(34,35)36)16-24(32)23(13-20-7-5-4-6-8-20)30-29(33)43-27-17-41-28-22(27)11-12-40-28/h6-12,16,21,24-26,29-30,34H,13-15,17-20H2,1-5H3,(H,32,35);4-10,14,19,22-24,27-28,32H,11-13,15-18H2,1-3H3,(H,30,33)(H2,34,35,36)/t24-,25-,26+,29-,30+;22-,23-,24+,27-,28+/m00/s1. The van der Waals surface area contributed by atoms with Crippen LogP contribution in [0, 0.1) is 23.7 Å². The van der Waals surface area contributed by atoms with Crippen LogP contribution in [0.2, 0.25) is 0 Å². The molecule has 4 aliphatic heterocycles. The highest BCUT2D eigenvalue weighted by Gasteiger charge is 2.46. The number of rotatable bonds is 30. The number of hydrogen-bond donors (Lipinski definition) is 6. The molecule has 4 aromatic rings. The average molecular weight is 1340 g/mol. The Morgan fingerprint density at radius 3 is 1.32 bits per heavy atom. The van der Waals surface area contributed by atoms with Gasteiger partial charge in [-0.1, -0.05) is 88.4 Å². The first-order valence-corrected chi connectivity index (χ1v) is 37.0. The number of aliphatic hydroxyl groups excluding tert-OH is 2. The molecule has 500 valence electrons. The Morgan fingerprint density at radius 1 is 0.578 bits per heavy atom. The molecule has 90 heavy (non-hydrogen) atoms. The number of methoxy groups -OCH3 is 2. The summed E-state index contributed by atoms with van der Waals surface area (Å²) in [5.74, 6) is -0.0292. The van der Waals surface area contributed by atoms with Crippen LogP contribution in [0.1, 0.15) is 51.7 Å². The summed E-state index contributed by atoms with van der Waals surface area (Å²) < 4.78 is 137. The zero-order chi connectivity index (χ0) is 65.6. The number of carbonyl (C=O) groups is 2. The number of fused-ring (bicyclic) bond motifs is 2. The minimum atomic E-state index is -4.57. The van der Waals surface area contributed by atoms with Gasteiger partial charge in [0, 0.05) is 38.3 Å². The van der Waals surface area contributed by atoms with Crippen LogP contribution in [0.4, 0.5) is 9.59 Å². The molecular weight excluding hydrogens is 1250 g/mol. The molecule has 4 fully saturated rings. The molecule has 6 N–H and O–H groups in total. The van der Waals surface area contributed by atoms with Crippen molar-refractivity contribution in [3.8, 4) is 23.0 Å². The van der Waals surface area contributed by atoms with Gasteiger partial charge >= 0.3 is 19.8 Å². The maximum absolute atomic E-state index is 14.0. The lowest BCUT2D eigenvalue weighted by Gasteiger charge is -2.31. The first-order valence-electron chi connectivity index (χ1n) is 29.6. The molecule has 2 amide bonds. The third-order valence-electron chi connectivity index (χ3n) is 15.0. The summed E-state index contributed by atoms with van der Waals surface area (Å²) in [6.07, 6.45) is -5.19. The molecular formula is C60H86N4O22P2S2. The van der Waals surface area contributed by atoms with E-state index in [9.17, 15) is 55.6 Å². The van der Waals surface area contributed by atoms with Gasteiger partial charge in [0.25, 0.3) is 0 Å². The molecule has 0 saturated carbocycles. The number of benzene rings is 4. The van der Waals surface area contributed by atoms with Gasteiger partial charge in [-0.3, -0.25) is 4.57 Å².